The highest BCUT2D eigenvalue weighted by molar-refractivity contribution is 6.08. The van der Waals surface area contributed by atoms with Crippen molar-refractivity contribution in [2.24, 2.45) is 0 Å². The van der Waals surface area contributed by atoms with Gasteiger partial charge in [-0.3, -0.25) is 14.5 Å². The number of anilines is 1. The first kappa shape index (κ1) is 23.4. The molecule has 2 amide bonds. The van der Waals surface area contributed by atoms with Crippen LogP contribution in [-0.4, -0.2) is 32.1 Å². The van der Waals surface area contributed by atoms with Crippen molar-refractivity contribution in [1.82, 2.24) is 5.32 Å². The fourth-order valence-electron chi connectivity index (χ4n) is 4.32. The molecule has 1 N–H and O–H groups in total. The van der Waals surface area contributed by atoms with Gasteiger partial charge >= 0.3 is 0 Å². The highest BCUT2D eigenvalue weighted by Gasteiger charge is 2.36. The first-order chi connectivity index (χ1) is 16.5. The third kappa shape index (κ3) is 4.90. The minimum atomic E-state index is -1.11. The van der Waals surface area contributed by atoms with E-state index in [1.807, 2.05) is 0 Å². The molecule has 3 aromatic rings. The van der Waals surface area contributed by atoms with Crippen molar-refractivity contribution in [3.63, 3.8) is 0 Å². The quantitative estimate of drug-likeness (QED) is 0.512. The van der Waals surface area contributed by atoms with Crippen molar-refractivity contribution >= 4 is 17.5 Å². The van der Waals surface area contributed by atoms with Crippen LogP contribution in [0.4, 0.5) is 10.1 Å². The Bertz CT molecular complexity index is 1140. The maximum absolute atomic E-state index is 14.2. The zero-order valence-electron chi connectivity index (χ0n) is 19.1. The number of methoxy groups -OCH3 is 2. The molecule has 1 heterocycles. The number of nitrogens with zero attached hydrogens (tertiary/aromatic N) is 1. The summed E-state index contributed by atoms with van der Waals surface area (Å²) in [6.07, 6.45) is 5.18. The number of benzene rings is 2. The Morgan fingerprint density at radius 1 is 1.03 bits per heavy atom. The summed E-state index contributed by atoms with van der Waals surface area (Å²) in [6, 6.07) is 12.6. The van der Waals surface area contributed by atoms with Crippen molar-refractivity contribution < 1.29 is 27.9 Å². The van der Waals surface area contributed by atoms with Crippen molar-refractivity contribution in [1.29, 1.82) is 0 Å². The van der Waals surface area contributed by atoms with Crippen LogP contribution in [0.5, 0.6) is 11.5 Å². The van der Waals surface area contributed by atoms with E-state index in [2.05, 4.69) is 5.32 Å². The fourth-order valence-corrected chi connectivity index (χ4v) is 4.32. The number of rotatable bonds is 8. The normalized spacial score (nSPS) is 14.4. The van der Waals surface area contributed by atoms with Crippen LogP contribution in [0.2, 0.25) is 0 Å². The van der Waals surface area contributed by atoms with E-state index in [1.165, 1.54) is 49.6 Å². The lowest BCUT2D eigenvalue weighted by Gasteiger charge is -2.32. The van der Waals surface area contributed by atoms with E-state index in [0.29, 0.717) is 17.1 Å². The van der Waals surface area contributed by atoms with E-state index in [4.69, 9.17) is 13.9 Å². The number of amides is 2. The average molecular weight is 467 g/mol. The van der Waals surface area contributed by atoms with Crippen molar-refractivity contribution in [2.45, 2.75) is 37.8 Å². The molecule has 0 bridgehead atoms. The van der Waals surface area contributed by atoms with Crippen molar-refractivity contribution in [3.8, 4) is 11.5 Å². The lowest BCUT2D eigenvalue weighted by Crippen LogP contribution is -2.46. The fraction of sp³-hybridized carbons (Fsp3) is 0.308. The van der Waals surface area contributed by atoms with E-state index in [-0.39, 0.29) is 23.4 Å². The van der Waals surface area contributed by atoms with Crippen LogP contribution >= 0.6 is 0 Å². The average Bonchev–Trinajstić information content (AvgIpc) is 3.56. The second kappa shape index (κ2) is 10.4. The van der Waals surface area contributed by atoms with Crippen LogP contribution in [0.1, 0.15) is 47.8 Å². The van der Waals surface area contributed by atoms with Gasteiger partial charge in [-0.05, 0) is 60.9 Å². The number of nitrogens with one attached hydrogen (secondary N) is 1. The first-order valence-electron chi connectivity index (χ1n) is 11.2. The molecule has 0 radical (unpaired) electrons. The smallest absolute Gasteiger partial charge is 0.294 e. The maximum atomic E-state index is 14.2. The number of halogens is 1. The number of hydrogen-bond donors (Lipinski definition) is 1. The molecule has 1 aliphatic rings. The number of furan rings is 1. The van der Waals surface area contributed by atoms with Gasteiger partial charge in [0.1, 0.15) is 11.9 Å². The number of hydrogen-bond acceptors (Lipinski definition) is 5. The number of ether oxygens (including phenoxy) is 2. The van der Waals surface area contributed by atoms with Crippen LogP contribution in [0.15, 0.2) is 65.3 Å². The van der Waals surface area contributed by atoms with Crippen LogP contribution in [0, 0.1) is 5.82 Å². The largest absolute Gasteiger partial charge is 0.493 e. The minimum absolute atomic E-state index is 0.0169. The third-order valence-electron chi connectivity index (χ3n) is 5.97. The van der Waals surface area contributed by atoms with E-state index in [1.54, 1.807) is 30.3 Å². The van der Waals surface area contributed by atoms with Gasteiger partial charge in [-0.1, -0.05) is 25.0 Å². The maximum Gasteiger partial charge on any atom is 0.294 e. The van der Waals surface area contributed by atoms with Gasteiger partial charge in [0.2, 0.25) is 5.91 Å². The van der Waals surface area contributed by atoms with Gasteiger partial charge in [0, 0.05) is 11.7 Å². The molecule has 4 rings (SSSR count). The van der Waals surface area contributed by atoms with E-state index in [9.17, 15) is 14.0 Å². The van der Waals surface area contributed by atoms with Gasteiger partial charge in [-0.15, -0.1) is 0 Å². The highest BCUT2D eigenvalue weighted by atomic mass is 19.1. The van der Waals surface area contributed by atoms with Crippen molar-refractivity contribution in [3.05, 3.63) is 78.0 Å². The summed E-state index contributed by atoms with van der Waals surface area (Å²) in [6.45, 7) is 0. The second-order valence-corrected chi connectivity index (χ2v) is 8.14. The van der Waals surface area contributed by atoms with Gasteiger partial charge in [0.15, 0.2) is 17.3 Å². The van der Waals surface area contributed by atoms with E-state index >= 15 is 0 Å². The molecule has 1 aromatic heterocycles. The molecule has 1 atom stereocenters. The molecule has 0 unspecified atom stereocenters. The molecule has 0 spiro atoms. The molecule has 178 valence electrons. The standard InChI is InChI=1S/C26H27FN2O5/c1-32-21-13-12-17(15-23(21)33-2)24(25(30)28-19-8-3-4-9-19)29(20-10-5-7-18(27)16-20)26(31)22-11-6-14-34-22/h5-7,10-16,19,24H,3-4,8-9H2,1-2H3,(H,28,30)/t24-/m1/s1. The van der Waals surface area contributed by atoms with Crippen LogP contribution in [0.25, 0.3) is 0 Å². The van der Waals surface area contributed by atoms with Gasteiger partial charge in [0.05, 0.1) is 20.5 Å². The molecule has 0 aliphatic heterocycles. The molecule has 1 saturated carbocycles. The van der Waals surface area contributed by atoms with Gasteiger partial charge in [-0.2, -0.15) is 0 Å². The molecule has 1 aliphatic carbocycles. The van der Waals surface area contributed by atoms with Gasteiger partial charge in [-0.25, -0.2) is 4.39 Å². The molecule has 2 aromatic carbocycles. The molecular formula is C26H27FN2O5. The summed E-state index contributed by atoms with van der Waals surface area (Å²) < 4.78 is 30.4. The Labute approximate surface area is 197 Å². The topological polar surface area (TPSA) is 81.0 Å². The molecule has 0 saturated heterocycles. The summed E-state index contributed by atoms with van der Waals surface area (Å²) in [7, 11) is 3.01. The van der Waals surface area contributed by atoms with E-state index in [0.717, 1.165) is 25.7 Å². The van der Waals surface area contributed by atoms with Crippen LogP contribution < -0.4 is 19.7 Å². The lowest BCUT2D eigenvalue weighted by molar-refractivity contribution is -0.123. The summed E-state index contributed by atoms with van der Waals surface area (Å²) in [5, 5.41) is 3.08. The summed E-state index contributed by atoms with van der Waals surface area (Å²) in [5.74, 6) is -0.556. The highest BCUT2D eigenvalue weighted by Crippen LogP contribution is 2.36. The Morgan fingerprint density at radius 2 is 1.79 bits per heavy atom. The lowest BCUT2D eigenvalue weighted by atomic mass is 10.0. The Hall–Kier alpha value is -3.81. The second-order valence-electron chi connectivity index (χ2n) is 8.14. The Morgan fingerprint density at radius 3 is 2.44 bits per heavy atom. The first-order valence-corrected chi connectivity index (χ1v) is 11.2. The Kier molecular flexibility index (Phi) is 7.15. The van der Waals surface area contributed by atoms with E-state index < -0.39 is 17.8 Å². The summed E-state index contributed by atoms with van der Waals surface area (Å²) in [4.78, 5) is 28.6. The zero-order chi connectivity index (χ0) is 24.1. The van der Waals surface area contributed by atoms with Crippen molar-refractivity contribution in [2.75, 3.05) is 19.1 Å². The van der Waals surface area contributed by atoms with Gasteiger partial charge in [0.25, 0.3) is 5.91 Å². The zero-order valence-corrected chi connectivity index (χ0v) is 19.1. The molecule has 8 heteroatoms. The summed E-state index contributed by atoms with van der Waals surface area (Å²) in [5.41, 5.74) is 0.708. The van der Waals surface area contributed by atoms with Gasteiger partial charge < -0.3 is 19.2 Å². The molecule has 7 nitrogen and oxygen atoms in total. The predicted octanol–water partition coefficient (Wildman–Crippen LogP) is 4.88. The SMILES string of the molecule is COc1ccc([C@H](C(=O)NC2CCCC2)N(C(=O)c2ccco2)c2cccc(F)c2)cc1OC. The molecule has 34 heavy (non-hydrogen) atoms. The monoisotopic (exact) mass is 466 g/mol. The van der Waals surface area contributed by atoms with Crippen LogP contribution in [-0.2, 0) is 4.79 Å². The predicted molar refractivity (Wildman–Crippen MR) is 125 cm³/mol. The Balaban J connectivity index is 1.85. The molecular weight excluding hydrogens is 439 g/mol. The third-order valence-corrected chi connectivity index (χ3v) is 5.97. The summed E-state index contributed by atoms with van der Waals surface area (Å²) >= 11 is 0. The molecule has 1 fully saturated rings. The minimum Gasteiger partial charge on any atom is -0.493 e. The number of carbonyl (C=O) groups excluding carboxylic acids is 2. The van der Waals surface area contributed by atoms with Crippen LogP contribution in [0.3, 0.4) is 0 Å². The number of carbonyl (C=O) groups is 2.